The van der Waals surface area contributed by atoms with Gasteiger partial charge in [0.15, 0.2) is 4.87 Å². The van der Waals surface area contributed by atoms with Crippen molar-refractivity contribution in [2.75, 3.05) is 24.3 Å². The zero-order valence-corrected chi connectivity index (χ0v) is 20.1. The average Bonchev–Trinajstić information content (AvgIpc) is 3.37. The van der Waals surface area contributed by atoms with Crippen molar-refractivity contribution in [1.29, 1.82) is 0 Å². The highest BCUT2D eigenvalue weighted by atomic mass is 35.5. The summed E-state index contributed by atoms with van der Waals surface area (Å²) < 4.78 is 5.29. The summed E-state index contributed by atoms with van der Waals surface area (Å²) in [7, 11) is 1.56. The Morgan fingerprint density at radius 3 is 2.70 bits per heavy atom. The van der Waals surface area contributed by atoms with E-state index in [0.29, 0.717) is 40.2 Å². The summed E-state index contributed by atoms with van der Waals surface area (Å²) in [6.07, 6.45) is 0. The van der Waals surface area contributed by atoms with Crippen LogP contribution in [0.15, 0.2) is 66.7 Å². The van der Waals surface area contributed by atoms with E-state index in [0.717, 1.165) is 16.8 Å². The van der Waals surface area contributed by atoms with Gasteiger partial charge < -0.3 is 14.5 Å². The fraction of sp³-hybridized carbons (Fsp3) is 0.200. The number of halogens is 2. The molecule has 3 aromatic carbocycles. The summed E-state index contributed by atoms with van der Waals surface area (Å²) in [5, 5.41) is 1.10. The number of amides is 2. The van der Waals surface area contributed by atoms with Crippen molar-refractivity contribution in [1.82, 2.24) is 4.90 Å². The molecular weight excluding hydrogens is 479 g/mol. The van der Waals surface area contributed by atoms with Crippen molar-refractivity contribution in [2.45, 2.75) is 11.4 Å². The number of hydrogen-bond donors (Lipinski definition) is 0. The number of benzene rings is 3. The number of hydrogen-bond acceptors (Lipinski definition) is 4. The monoisotopic (exact) mass is 498 g/mol. The lowest BCUT2D eigenvalue weighted by molar-refractivity contribution is -0.123. The molecule has 1 fully saturated rings. The lowest BCUT2D eigenvalue weighted by Crippen LogP contribution is -2.50. The van der Waals surface area contributed by atoms with E-state index in [9.17, 15) is 9.59 Å². The third-order valence-corrected chi connectivity index (χ3v) is 8.03. The topological polar surface area (TPSA) is 49.9 Å². The third kappa shape index (κ3) is 3.57. The number of methoxy groups -OCH3 is 1. The van der Waals surface area contributed by atoms with Gasteiger partial charge in [0, 0.05) is 33.5 Å². The zero-order chi connectivity index (χ0) is 23.2. The SMILES string of the molecule is COc1cccc(C(=O)N2CCS[C@@]23C(=O)N(Cc2ccccc2Cl)c2ccc(Cl)cc23)c1. The number of carbonyl (C=O) groups is 2. The summed E-state index contributed by atoms with van der Waals surface area (Å²) >= 11 is 14.2. The molecule has 8 heteroatoms. The largest absolute Gasteiger partial charge is 0.497 e. The summed E-state index contributed by atoms with van der Waals surface area (Å²) in [6.45, 7) is 0.745. The summed E-state index contributed by atoms with van der Waals surface area (Å²) in [4.78, 5) is 29.9. The van der Waals surface area contributed by atoms with Crippen molar-refractivity contribution in [3.8, 4) is 5.75 Å². The molecule has 0 unspecified atom stereocenters. The molecule has 2 aliphatic rings. The van der Waals surface area contributed by atoms with Gasteiger partial charge >= 0.3 is 0 Å². The first-order valence-electron chi connectivity index (χ1n) is 10.4. The minimum atomic E-state index is -1.18. The second kappa shape index (κ2) is 8.60. The van der Waals surface area contributed by atoms with Gasteiger partial charge in [-0.25, -0.2) is 0 Å². The van der Waals surface area contributed by atoms with Crippen molar-refractivity contribution in [2.24, 2.45) is 0 Å². The highest BCUT2D eigenvalue weighted by Crippen LogP contribution is 2.55. The van der Waals surface area contributed by atoms with Gasteiger partial charge in [-0.15, -0.1) is 11.8 Å². The van der Waals surface area contributed by atoms with Crippen LogP contribution in [0.1, 0.15) is 21.5 Å². The lowest BCUT2D eigenvalue weighted by Gasteiger charge is -2.33. The minimum absolute atomic E-state index is 0.168. The number of ether oxygens (including phenoxy) is 1. The Balaban J connectivity index is 1.60. The maximum absolute atomic E-state index is 14.1. The zero-order valence-electron chi connectivity index (χ0n) is 17.8. The number of anilines is 1. The van der Waals surface area contributed by atoms with Crippen molar-refractivity contribution < 1.29 is 14.3 Å². The maximum atomic E-state index is 14.1. The Morgan fingerprint density at radius 2 is 1.91 bits per heavy atom. The van der Waals surface area contributed by atoms with Crippen LogP contribution in [0.3, 0.4) is 0 Å². The maximum Gasteiger partial charge on any atom is 0.268 e. The van der Waals surface area contributed by atoms with E-state index in [4.69, 9.17) is 27.9 Å². The van der Waals surface area contributed by atoms with E-state index in [1.165, 1.54) is 11.8 Å². The molecule has 5 rings (SSSR count). The molecule has 5 nitrogen and oxygen atoms in total. The molecule has 1 saturated heterocycles. The number of carbonyl (C=O) groups excluding carboxylic acids is 2. The first kappa shape index (κ1) is 22.1. The number of fused-ring (bicyclic) bond motifs is 2. The molecule has 2 aliphatic heterocycles. The number of rotatable bonds is 4. The van der Waals surface area contributed by atoms with Crippen LogP contribution in [-0.4, -0.2) is 36.1 Å². The molecule has 0 radical (unpaired) electrons. The molecule has 0 bridgehead atoms. The molecule has 2 amide bonds. The van der Waals surface area contributed by atoms with Crippen LogP contribution in [0.4, 0.5) is 5.69 Å². The Bertz CT molecular complexity index is 1270. The van der Waals surface area contributed by atoms with Crippen LogP contribution in [0.5, 0.6) is 5.75 Å². The first-order chi connectivity index (χ1) is 16.0. The molecule has 0 aliphatic carbocycles. The Morgan fingerprint density at radius 1 is 1.09 bits per heavy atom. The highest BCUT2D eigenvalue weighted by Gasteiger charge is 2.59. The standard InChI is InChI=1S/C25H20Cl2N2O3S/c1-32-19-7-4-6-16(13-19)23(30)29-11-12-33-25(29)20-14-18(26)9-10-22(20)28(24(25)31)15-17-5-2-3-8-21(17)27/h2-10,13-14H,11-12,15H2,1H3/t25-/m0/s1. The molecule has 0 aromatic heterocycles. The van der Waals surface area contributed by atoms with Gasteiger partial charge in [-0.1, -0.05) is 47.5 Å². The first-order valence-corrected chi connectivity index (χ1v) is 12.2. The third-order valence-electron chi connectivity index (χ3n) is 6.00. The van der Waals surface area contributed by atoms with Crippen LogP contribution in [-0.2, 0) is 16.2 Å². The van der Waals surface area contributed by atoms with E-state index >= 15 is 0 Å². The van der Waals surface area contributed by atoms with Gasteiger partial charge in [0.05, 0.1) is 19.3 Å². The van der Waals surface area contributed by atoms with Crippen LogP contribution < -0.4 is 9.64 Å². The molecule has 0 N–H and O–H groups in total. The normalized spacial score (nSPS) is 19.3. The summed E-state index contributed by atoms with van der Waals surface area (Å²) in [5.74, 6) is 0.826. The quantitative estimate of drug-likeness (QED) is 0.470. The molecule has 1 spiro atoms. The Kier molecular flexibility index (Phi) is 5.77. The van der Waals surface area contributed by atoms with Gasteiger partial charge in [0.25, 0.3) is 11.8 Å². The van der Waals surface area contributed by atoms with E-state index < -0.39 is 4.87 Å². The van der Waals surface area contributed by atoms with Crippen LogP contribution in [0, 0.1) is 0 Å². The van der Waals surface area contributed by atoms with E-state index in [-0.39, 0.29) is 11.8 Å². The predicted octanol–water partition coefficient (Wildman–Crippen LogP) is 5.59. The number of nitrogens with zero attached hydrogens (tertiary/aromatic N) is 2. The fourth-order valence-corrected chi connectivity index (χ4v) is 6.27. The van der Waals surface area contributed by atoms with Gasteiger partial charge in [0.1, 0.15) is 5.75 Å². The smallest absolute Gasteiger partial charge is 0.268 e. The van der Waals surface area contributed by atoms with E-state index in [2.05, 4.69) is 0 Å². The van der Waals surface area contributed by atoms with Crippen LogP contribution in [0.25, 0.3) is 0 Å². The van der Waals surface area contributed by atoms with Crippen molar-refractivity contribution >= 4 is 52.5 Å². The summed E-state index contributed by atoms with van der Waals surface area (Å²) in [5.41, 5.74) is 2.77. The molecule has 0 saturated carbocycles. The van der Waals surface area contributed by atoms with Gasteiger partial charge in [-0.05, 0) is 48.0 Å². The predicted molar refractivity (Wildman–Crippen MR) is 132 cm³/mol. The average molecular weight is 499 g/mol. The molecule has 1 atom stereocenters. The van der Waals surface area contributed by atoms with E-state index in [1.807, 2.05) is 24.3 Å². The Hall–Kier alpha value is -2.67. The molecule has 33 heavy (non-hydrogen) atoms. The lowest BCUT2D eigenvalue weighted by atomic mass is 10.0. The second-order valence-electron chi connectivity index (χ2n) is 7.83. The fourth-order valence-electron chi connectivity index (χ4n) is 4.45. The molecule has 168 valence electrons. The molecule has 2 heterocycles. The van der Waals surface area contributed by atoms with Crippen molar-refractivity contribution in [3.05, 3.63) is 93.5 Å². The molecular formula is C25H20Cl2N2O3S. The van der Waals surface area contributed by atoms with Crippen molar-refractivity contribution in [3.63, 3.8) is 0 Å². The number of thioether (sulfide) groups is 1. The van der Waals surface area contributed by atoms with Gasteiger partial charge in [-0.2, -0.15) is 0 Å². The molecule has 3 aromatic rings. The van der Waals surface area contributed by atoms with Gasteiger partial charge in [0.2, 0.25) is 0 Å². The van der Waals surface area contributed by atoms with Gasteiger partial charge in [-0.3, -0.25) is 9.59 Å². The van der Waals surface area contributed by atoms with E-state index in [1.54, 1.807) is 59.4 Å². The van der Waals surface area contributed by atoms with Crippen LogP contribution >= 0.6 is 35.0 Å². The highest BCUT2D eigenvalue weighted by molar-refractivity contribution is 8.01. The minimum Gasteiger partial charge on any atom is -0.497 e. The summed E-state index contributed by atoms with van der Waals surface area (Å²) in [6, 6.07) is 19.8. The van der Waals surface area contributed by atoms with Crippen LogP contribution in [0.2, 0.25) is 10.0 Å². The second-order valence-corrected chi connectivity index (χ2v) is 9.96. The Labute approximate surface area is 206 Å².